The summed E-state index contributed by atoms with van der Waals surface area (Å²) in [6.07, 6.45) is 0. The number of aromatic nitrogens is 1. The smallest absolute Gasteiger partial charge is 0.337 e. The van der Waals surface area contributed by atoms with Gasteiger partial charge in [0.2, 0.25) is 0 Å². The minimum Gasteiger partial charge on any atom is -0.465 e. The number of esters is 1. The minimum absolute atomic E-state index is 0.175. The molecule has 0 unspecified atom stereocenters. The monoisotopic (exact) mass is 315 g/mol. The second kappa shape index (κ2) is 4.93. The van der Waals surface area contributed by atoms with E-state index < -0.39 is 11.8 Å². The van der Waals surface area contributed by atoms with Crippen LogP contribution in [0.1, 0.15) is 10.4 Å². The van der Waals surface area contributed by atoms with Gasteiger partial charge in [-0.2, -0.15) is 0 Å². The Balaban J connectivity index is 2.48. The predicted molar refractivity (Wildman–Crippen MR) is 66.5 cm³/mol. The van der Waals surface area contributed by atoms with E-state index >= 15 is 0 Å². The third-order valence-electron chi connectivity index (χ3n) is 2.04. The molecule has 0 amide bonds. The van der Waals surface area contributed by atoms with Crippen molar-refractivity contribution in [2.24, 2.45) is 0 Å². The van der Waals surface area contributed by atoms with Gasteiger partial charge in [-0.3, -0.25) is 0 Å². The Labute approximate surface area is 109 Å². The van der Waals surface area contributed by atoms with Crippen LogP contribution in [-0.4, -0.2) is 18.1 Å². The maximum atomic E-state index is 13.4. The first-order valence-corrected chi connectivity index (χ1v) is 6.27. The second-order valence-electron chi connectivity index (χ2n) is 3.20. The first kappa shape index (κ1) is 12.2. The van der Waals surface area contributed by atoms with E-state index in [2.05, 4.69) is 25.7 Å². The van der Waals surface area contributed by atoms with Crippen molar-refractivity contribution in [3.8, 4) is 10.6 Å². The SMILES string of the molecule is COC(=O)c1cc(F)cc(-c2nc(Br)cs2)c1. The molecule has 0 aliphatic heterocycles. The topological polar surface area (TPSA) is 39.2 Å². The zero-order valence-corrected chi connectivity index (χ0v) is 11.1. The number of hydrogen-bond donors (Lipinski definition) is 0. The molecule has 1 aromatic carbocycles. The van der Waals surface area contributed by atoms with E-state index in [-0.39, 0.29) is 5.56 Å². The Kier molecular flexibility index (Phi) is 3.54. The van der Waals surface area contributed by atoms with Crippen molar-refractivity contribution in [2.45, 2.75) is 0 Å². The third kappa shape index (κ3) is 2.70. The van der Waals surface area contributed by atoms with Crippen LogP contribution in [0, 0.1) is 5.82 Å². The molecule has 0 bridgehead atoms. The van der Waals surface area contributed by atoms with Crippen LogP contribution in [-0.2, 0) is 4.74 Å². The Morgan fingerprint density at radius 1 is 1.47 bits per heavy atom. The van der Waals surface area contributed by atoms with Gasteiger partial charge in [-0.25, -0.2) is 14.2 Å². The lowest BCUT2D eigenvalue weighted by atomic mass is 10.1. The van der Waals surface area contributed by atoms with E-state index in [9.17, 15) is 9.18 Å². The number of hydrogen-bond acceptors (Lipinski definition) is 4. The number of benzene rings is 1. The fourth-order valence-electron chi connectivity index (χ4n) is 1.34. The normalized spacial score (nSPS) is 10.3. The van der Waals surface area contributed by atoms with Gasteiger partial charge in [0.05, 0.1) is 12.7 Å². The highest BCUT2D eigenvalue weighted by molar-refractivity contribution is 9.10. The zero-order valence-electron chi connectivity index (χ0n) is 8.74. The number of rotatable bonds is 2. The average molecular weight is 316 g/mol. The molecule has 0 fully saturated rings. The molecule has 0 saturated heterocycles. The molecule has 2 rings (SSSR count). The molecule has 17 heavy (non-hydrogen) atoms. The lowest BCUT2D eigenvalue weighted by molar-refractivity contribution is 0.0600. The van der Waals surface area contributed by atoms with Crippen LogP contribution < -0.4 is 0 Å². The van der Waals surface area contributed by atoms with Crippen LogP contribution in [0.2, 0.25) is 0 Å². The summed E-state index contributed by atoms with van der Waals surface area (Å²) in [6.45, 7) is 0. The van der Waals surface area contributed by atoms with Gasteiger partial charge in [-0.15, -0.1) is 11.3 Å². The molecule has 1 aromatic heterocycles. The maximum Gasteiger partial charge on any atom is 0.337 e. The van der Waals surface area contributed by atoms with Gasteiger partial charge in [0.15, 0.2) is 0 Å². The summed E-state index contributed by atoms with van der Waals surface area (Å²) < 4.78 is 18.6. The van der Waals surface area contributed by atoms with Gasteiger partial charge in [-0.1, -0.05) is 0 Å². The van der Waals surface area contributed by atoms with E-state index in [1.807, 2.05) is 0 Å². The van der Waals surface area contributed by atoms with Gasteiger partial charge < -0.3 is 4.74 Å². The quantitative estimate of drug-likeness (QED) is 0.796. The number of ether oxygens (including phenoxy) is 1. The maximum absolute atomic E-state index is 13.4. The molecular weight excluding hydrogens is 309 g/mol. The second-order valence-corrected chi connectivity index (χ2v) is 4.87. The van der Waals surface area contributed by atoms with Crippen LogP contribution >= 0.6 is 27.3 Å². The standard InChI is InChI=1S/C11H7BrFNO2S/c1-16-11(15)7-2-6(3-8(13)4-7)10-14-9(12)5-17-10/h2-5H,1H3. The number of methoxy groups -OCH3 is 1. The molecule has 0 radical (unpaired) electrons. The van der Waals surface area contributed by atoms with Crippen LogP contribution in [0.5, 0.6) is 0 Å². The minimum atomic E-state index is -0.568. The molecule has 0 spiro atoms. The van der Waals surface area contributed by atoms with Crippen LogP contribution in [0.25, 0.3) is 10.6 Å². The lowest BCUT2D eigenvalue weighted by Crippen LogP contribution is -2.02. The molecule has 0 aliphatic rings. The van der Waals surface area contributed by atoms with Gasteiger partial charge in [0.25, 0.3) is 0 Å². The van der Waals surface area contributed by atoms with Crippen LogP contribution in [0.15, 0.2) is 28.2 Å². The molecule has 0 saturated carbocycles. The summed E-state index contributed by atoms with van der Waals surface area (Å²) in [5, 5.41) is 2.43. The Bertz CT molecular complexity index is 570. The van der Waals surface area contributed by atoms with Gasteiger partial charge in [0, 0.05) is 10.9 Å². The van der Waals surface area contributed by atoms with E-state index in [1.165, 1.54) is 24.5 Å². The molecule has 88 valence electrons. The molecule has 0 atom stereocenters. The number of halogens is 2. The summed E-state index contributed by atoms with van der Waals surface area (Å²) in [6, 6.07) is 4.02. The van der Waals surface area contributed by atoms with Crippen LogP contribution in [0.4, 0.5) is 4.39 Å². The largest absolute Gasteiger partial charge is 0.465 e. The van der Waals surface area contributed by atoms with E-state index in [0.717, 1.165) is 6.07 Å². The molecule has 3 nitrogen and oxygen atoms in total. The van der Waals surface area contributed by atoms with Crippen molar-refractivity contribution in [1.29, 1.82) is 0 Å². The fourth-order valence-corrected chi connectivity index (χ4v) is 2.58. The van der Waals surface area contributed by atoms with Crippen molar-refractivity contribution in [1.82, 2.24) is 4.98 Å². The number of thiazole rings is 1. The van der Waals surface area contributed by atoms with Gasteiger partial charge in [-0.05, 0) is 34.1 Å². The average Bonchev–Trinajstić information content (AvgIpc) is 2.74. The highest BCUT2D eigenvalue weighted by atomic mass is 79.9. The molecule has 2 aromatic rings. The highest BCUT2D eigenvalue weighted by Crippen LogP contribution is 2.27. The summed E-state index contributed by atoms with van der Waals surface area (Å²) in [5.41, 5.74) is 0.731. The summed E-state index contributed by atoms with van der Waals surface area (Å²) in [5.74, 6) is -1.06. The Morgan fingerprint density at radius 3 is 2.82 bits per heavy atom. The molecule has 0 aliphatic carbocycles. The molecule has 6 heteroatoms. The Hall–Kier alpha value is -1.27. The van der Waals surface area contributed by atoms with E-state index in [0.29, 0.717) is 15.2 Å². The number of carbonyl (C=O) groups excluding carboxylic acids is 1. The molecular formula is C11H7BrFNO2S. The fraction of sp³-hybridized carbons (Fsp3) is 0.0909. The van der Waals surface area contributed by atoms with Crippen molar-refractivity contribution in [3.05, 3.63) is 39.6 Å². The predicted octanol–water partition coefficient (Wildman–Crippen LogP) is 3.50. The zero-order chi connectivity index (χ0) is 12.4. The van der Waals surface area contributed by atoms with Crippen molar-refractivity contribution in [2.75, 3.05) is 7.11 Å². The lowest BCUT2D eigenvalue weighted by Gasteiger charge is -2.02. The van der Waals surface area contributed by atoms with Crippen LogP contribution in [0.3, 0.4) is 0 Å². The van der Waals surface area contributed by atoms with Crippen molar-refractivity contribution in [3.63, 3.8) is 0 Å². The molecule has 0 N–H and O–H groups in total. The first-order chi connectivity index (χ1) is 8.10. The van der Waals surface area contributed by atoms with E-state index in [1.54, 1.807) is 11.4 Å². The van der Waals surface area contributed by atoms with Gasteiger partial charge in [0.1, 0.15) is 15.4 Å². The van der Waals surface area contributed by atoms with Crippen molar-refractivity contribution < 1.29 is 13.9 Å². The van der Waals surface area contributed by atoms with Crippen molar-refractivity contribution >= 4 is 33.2 Å². The van der Waals surface area contributed by atoms with E-state index in [4.69, 9.17) is 0 Å². The summed E-state index contributed by atoms with van der Waals surface area (Å²) in [7, 11) is 1.26. The van der Waals surface area contributed by atoms with Gasteiger partial charge >= 0.3 is 5.97 Å². The molecule has 1 heterocycles. The number of nitrogens with zero attached hydrogens (tertiary/aromatic N) is 1. The highest BCUT2D eigenvalue weighted by Gasteiger charge is 2.11. The summed E-state index contributed by atoms with van der Waals surface area (Å²) >= 11 is 4.59. The Morgan fingerprint density at radius 2 is 2.24 bits per heavy atom. The number of carbonyl (C=O) groups is 1. The summed E-state index contributed by atoms with van der Waals surface area (Å²) in [4.78, 5) is 15.5. The third-order valence-corrected chi connectivity index (χ3v) is 3.64. The first-order valence-electron chi connectivity index (χ1n) is 4.60.